The largest absolute Gasteiger partial charge is 0.398 e. The molecule has 1 amide bonds. The van der Waals surface area contributed by atoms with Crippen molar-refractivity contribution in [2.45, 2.75) is 13.3 Å². The highest BCUT2D eigenvalue weighted by molar-refractivity contribution is 5.99. The number of amides is 1. The molecule has 3 aromatic rings. The van der Waals surface area contributed by atoms with Crippen molar-refractivity contribution < 1.29 is 4.79 Å². The van der Waals surface area contributed by atoms with Gasteiger partial charge in [-0.1, -0.05) is 0 Å². The lowest BCUT2D eigenvalue weighted by molar-refractivity contribution is -0.116. The van der Waals surface area contributed by atoms with Gasteiger partial charge >= 0.3 is 0 Å². The van der Waals surface area contributed by atoms with E-state index in [0.29, 0.717) is 18.1 Å². The number of pyridine rings is 2. The van der Waals surface area contributed by atoms with Gasteiger partial charge in [-0.2, -0.15) is 0 Å². The fraction of sp³-hybridized carbons (Fsp3) is 0.167. The van der Waals surface area contributed by atoms with Gasteiger partial charge in [0.15, 0.2) is 0 Å². The Morgan fingerprint density at radius 3 is 2.83 bits per heavy atom. The Morgan fingerprint density at radius 2 is 2.08 bits per heavy atom. The molecule has 0 spiro atoms. The number of aryl methyl sites for hydroxylation is 1. The normalized spacial score (nSPS) is 10.8. The summed E-state index contributed by atoms with van der Waals surface area (Å²) < 4.78 is 0. The van der Waals surface area contributed by atoms with E-state index in [2.05, 4.69) is 15.3 Å². The first-order valence-corrected chi connectivity index (χ1v) is 7.68. The van der Waals surface area contributed by atoms with Crippen LogP contribution >= 0.6 is 0 Å². The predicted molar refractivity (Wildman–Crippen MR) is 96.4 cm³/mol. The number of nitrogen functional groups attached to an aromatic ring is 1. The molecular formula is C18H19N5O. The first-order valence-electron chi connectivity index (χ1n) is 7.68. The maximum atomic E-state index is 11.7. The van der Waals surface area contributed by atoms with Crippen LogP contribution in [0.3, 0.4) is 0 Å². The van der Waals surface area contributed by atoms with Crippen LogP contribution in [0.5, 0.6) is 0 Å². The van der Waals surface area contributed by atoms with Gasteiger partial charge in [0, 0.05) is 48.2 Å². The molecule has 0 atom stereocenters. The van der Waals surface area contributed by atoms with E-state index < -0.39 is 0 Å². The molecule has 1 aromatic carbocycles. The van der Waals surface area contributed by atoms with Crippen molar-refractivity contribution in [1.82, 2.24) is 9.97 Å². The molecule has 0 radical (unpaired) electrons. The minimum Gasteiger partial charge on any atom is -0.398 e. The fourth-order valence-electron chi connectivity index (χ4n) is 2.61. The number of carbonyl (C=O) groups is 1. The molecule has 0 aliphatic carbocycles. The molecule has 0 bridgehead atoms. The third-order valence-electron chi connectivity index (χ3n) is 3.86. The minimum atomic E-state index is -0.156. The molecule has 0 fully saturated rings. The highest BCUT2D eigenvalue weighted by Gasteiger charge is 2.09. The van der Waals surface area contributed by atoms with Crippen LogP contribution in [0.15, 0.2) is 42.9 Å². The molecule has 6 heteroatoms. The number of nitrogens with one attached hydrogen (secondary N) is 1. The first kappa shape index (κ1) is 15.9. The molecule has 24 heavy (non-hydrogen) atoms. The average Bonchev–Trinajstić information content (AvgIpc) is 2.55. The van der Waals surface area contributed by atoms with Crippen LogP contribution in [0.25, 0.3) is 21.9 Å². The average molecular weight is 321 g/mol. The highest BCUT2D eigenvalue weighted by atomic mass is 16.1. The summed E-state index contributed by atoms with van der Waals surface area (Å²) in [6, 6.07) is 7.72. The number of rotatable bonds is 4. The van der Waals surface area contributed by atoms with Crippen molar-refractivity contribution in [3.8, 4) is 11.1 Å². The number of fused-ring (bicyclic) bond motifs is 1. The molecule has 3 rings (SSSR count). The third kappa shape index (κ3) is 3.18. The van der Waals surface area contributed by atoms with E-state index in [1.807, 2.05) is 37.4 Å². The van der Waals surface area contributed by atoms with E-state index in [9.17, 15) is 4.79 Å². The van der Waals surface area contributed by atoms with Gasteiger partial charge in [0.1, 0.15) is 5.82 Å². The number of carbonyl (C=O) groups excluding carboxylic acids is 1. The Kier molecular flexibility index (Phi) is 4.39. The van der Waals surface area contributed by atoms with E-state index in [0.717, 1.165) is 27.5 Å². The number of hydrogen-bond donors (Lipinski definition) is 3. The van der Waals surface area contributed by atoms with E-state index in [1.54, 1.807) is 12.4 Å². The van der Waals surface area contributed by atoms with Gasteiger partial charge in [0.05, 0.1) is 0 Å². The van der Waals surface area contributed by atoms with Crippen molar-refractivity contribution in [2.75, 3.05) is 17.6 Å². The Balaban J connectivity index is 2.05. The highest BCUT2D eigenvalue weighted by Crippen LogP contribution is 2.31. The Bertz CT molecular complexity index is 907. The van der Waals surface area contributed by atoms with E-state index in [-0.39, 0.29) is 12.3 Å². The van der Waals surface area contributed by atoms with E-state index >= 15 is 0 Å². The van der Waals surface area contributed by atoms with Gasteiger partial charge < -0.3 is 16.8 Å². The number of anilines is 2. The van der Waals surface area contributed by atoms with Gasteiger partial charge in [-0.25, -0.2) is 4.98 Å². The molecule has 0 aliphatic heterocycles. The van der Waals surface area contributed by atoms with Crippen LogP contribution in [0.4, 0.5) is 11.5 Å². The predicted octanol–water partition coefficient (Wildman–Crippen LogP) is 2.47. The number of nitrogens with two attached hydrogens (primary N) is 2. The van der Waals surface area contributed by atoms with E-state index in [1.165, 1.54) is 0 Å². The number of aromatic nitrogens is 2. The van der Waals surface area contributed by atoms with Crippen LogP contribution in [0.2, 0.25) is 0 Å². The Hall–Kier alpha value is -2.99. The quantitative estimate of drug-likeness (QED) is 0.640. The maximum Gasteiger partial charge on any atom is 0.226 e. The molecule has 0 saturated carbocycles. The number of nitrogens with zero attached hydrogens (tertiary/aromatic N) is 2. The van der Waals surface area contributed by atoms with Crippen molar-refractivity contribution in [2.24, 2.45) is 5.73 Å². The van der Waals surface area contributed by atoms with Crippen molar-refractivity contribution in [3.05, 3.63) is 48.4 Å². The summed E-state index contributed by atoms with van der Waals surface area (Å²) in [5.74, 6) is 0.331. The standard InChI is InChI=1S/C18H19N5O/c1-11-3-5-21-9-14(11)12-6-13-8-17(23-18(24)2-4-19)22-10-15(13)16(20)7-12/h3,5-10H,2,4,19-20H2,1H3,(H,22,23,24). The van der Waals surface area contributed by atoms with Crippen molar-refractivity contribution in [1.29, 1.82) is 0 Å². The third-order valence-corrected chi connectivity index (χ3v) is 3.86. The lowest BCUT2D eigenvalue weighted by Crippen LogP contribution is -2.16. The summed E-state index contributed by atoms with van der Waals surface area (Å²) in [6.45, 7) is 2.33. The summed E-state index contributed by atoms with van der Waals surface area (Å²) in [5.41, 5.74) is 15.3. The molecule has 0 aliphatic rings. The zero-order valence-corrected chi connectivity index (χ0v) is 13.4. The summed E-state index contributed by atoms with van der Waals surface area (Å²) >= 11 is 0. The second kappa shape index (κ2) is 6.64. The summed E-state index contributed by atoms with van der Waals surface area (Å²) in [4.78, 5) is 20.1. The van der Waals surface area contributed by atoms with Crippen LogP contribution < -0.4 is 16.8 Å². The second-order valence-electron chi connectivity index (χ2n) is 5.63. The van der Waals surface area contributed by atoms with Crippen LogP contribution in [-0.2, 0) is 4.79 Å². The van der Waals surface area contributed by atoms with Crippen LogP contribution in [0, 0.1) is 6.92 Å². The second-order valence-corrected chi connectivity index (χ2v) is 5.63. The van der Waals surface area contributed by atoms with Gasteiger partial charge in [0.2, 0.25) is 5.91 Å². The first-order chi connectivity index (χ1) is 11.6. The zero-order valence-electron chi connectivity index (χ0n) is 13.4. The van der Waals surface area contributed by atoms with Crippen LogP contribution in [-0.4, -0.2) is 22.4 Å². The molecular weight excluding hydrogens is 302 g/mol. The van der Waals surface area contributed by atoms with Gasteiger partial charge in [-0.3, -0.25) is 9.78 Å². The summed E-state index contributed by atoms with van der Waals surface area (Å²) in [6.07, 6.45) is 5.51. The molecule has 6 nitrogen and oxygen atoms in total. The van der Waals surface area contributed by atoms with Crippen LogP contribution in [0.1, 0.15) is 12.0 Å². The lowest BCUT2D eigenvalue weighted by atomic mass is 9.99. The molecule has 2 aromatic heterocycles. The number of hydrogen-bond acceptors (Lipinski definition) is 5. The Labute approximate surface area is 139 Å². The summed E-state index contributed by atoms with van der Waals surface area (Å²) in [5, 5.41) is 4.50. The molecule has 5 N–H and O–H groups in total. The maximum absolute atomic E-state index is 11.7. The summed E-state index contributed by atoms with van der Waals surface area (Å²) in [7, 11) is 0. The van der Waals surface area contributed by atoms with Gasteiger partial charge in [-0.05, 0) is 47.7 Å². The molecule has 2 heterocycles. The Morgan fingerprint density at radius 1 is 1.25 bits per heavy atom. The zero-order chi connectivity index (χ0) is 17.1. The smallest absolute Gasteiger partial charge is 0.226 e. The topological polar surface area (TPSA) is 107 Å². The van der Waals surface area contributed by atoms with E-state index in [4.69, 9.17) is 11.5 Å². The SMILES string of the molecule is Cc1ccncc1-c1cc(N)c2cnc(NC(=O)CCN)cc2c1. The van der Waals surface area contributed by atoms with Crippen molar-refractivity contribution in [3.63, 3.8) is 0 Å². The molecule has 0 unspecified atom stereocenters. The lowest BCUT2D eigenvalue weighted by Gasteiger charge is -2.10. The molecule has 122 valence electrons. The minimum absolute atomic E-state index is 0.156. The number of benzene rings is 1. The fourth-order valence-corrected chi connectivity index (χ4v) is 2.61. The van der Waals surface area contributed by atoms with Gasteiger partial charge in [-0.15, -0.1) is 0 Å². The van der Waals surface area contributed by atoms with Gasteiger partial charge in [0.25, 0.3) is 0 Å². The van der Waals surface area contributed by atoms with Crippen molar-refractivity contribution >= 4 is 28.2 Å². The molecule has 0 saturated heterocycles. The monoisotopic (exact) mass is 321 g/mol.